The van der Waals surface area contributed by atoms with E-state index in [0.717, 1.165) is 17.5 Å². The van der Waals surface area contributed by atoms with Gasteiger partial charge >= 0.3 is 0 Å². The van der Waals surface area contributed by atoms with Crippen LogP contribution in [0.25, 0.3) is 0 Å². The molecule has 1 heterocycles. The maximum absolute atomic E-state index is 4.54. The van der Waals surface area contributed by atoms with Crippen LogP contribution >= 0.6 is 11.3 Å². The molecule has 0 aliphatic heterocycles. The molecule has 1 aromatic heterocycles. The van der Waals surface area contributed by atoms with Gasteiger partial charge in [0.25, 0.3) is 0 Å². The summed E-state index contributed by atoms with van der Waals surface area (Å²) in [5.74, 6) is 0.775. The van der Waals surface area contributed by atoms with E-state index in [4.69, 9.17) is 0 Å². The Bertz CT molecular complexity index is 392. The van der Waals surface area contributed by atoms with E-state index in [9.17, 15) is 0 Å². The van der Waals surface area contributed by atoms with Crippen LogP contribution in [0.1, 0.15) is 51.4 Å². The van der Waals surface area contributed by atoms with E-state index in [1.807, 2.05) is 0 Å². The second-order valence-corrected chi connectivity index (χ2v) is 7.48. The Labute approximate surface area is 109 Å². The molecule has 1 N–H and O–H groups in total. The van der Waals surface area contributed by atoms with Crippen LogP contribution in [-0.2, 0) is 0 Å². The Morgan fingerprint density at radius 1 is 1.35 bits per heavy atom. The van der Waals surface area contributed by atoms with Gasteiger partial charge in [0.05, 0.1) is 10.7 Å². The van der Waals surface area contributed by atoms with Crippen LogP contribution in [0.2, 0.25) is 0 Å². The molecule has 96 valence electrons. The molecule has 2 rings (SSSR count). The van der Waals surface area contributed by atoms with Gasteiger partial charge in [-0.15, -0.1) is 11.3 Å². The normalized spacial score (nSPS) is 23.6. The highest BCUT2D eigenvalue weighted by Crippen LogP contribution is 2.68. The fraction of sp³-hybridized carbons (Fsp3) is 0.786. The standard InChI is InChI=1S/C14H24N2S/c1-9(11-8-17-10(2)16-11)15-7-12-13(3,4)14(12,5)6/h8-9,12,15H,7H2,1-6H3. The van der Waals surface area contributed by atoms with Crippen molar-refractivity contribution in [2.45, 2.75) is 47.6 Å². The molecule has 3 heteroatoms. The molecule has 0 amide bonds. The zero-order valence-electron chi connectivity index (χ0n) is 11.8. The minimum atomic E-state index is 0.368. The number of aromatic nitrogens is 1. The van der Waals surface area contributed by atoms with Crippen molar-refractivity contribution in [1.82, 2.24) is 10.3 Å². The molecule has 0 aromatic carbocycles. The Balaban J connectivity index is 1.88. The van der Waals surface area contributed by atoms with E-state index in [-0.39, 0.29) is 0 Å². The molecule has 0 radical (unpaired) electrons. The second-order valence-electron chi connectivity index (χ2n) is 6.42. The zero-order chi connectivity index (χ0) is 12.8. The number of hydrogen-bond acceptors (Lipinski definition) is 3. The SMILES string of the molecule is Cc1nc(C(C)NCC2C(C)(C)C2(C)C)cs1. The van der Waals surface area contributed by atoms with Gasteiger partial charge in [0.1, 0.15) is 0 Å². The average molecular weight is 252 g/mol. The molecule has 1 saturated carbocycles. The van der Waals surface area contributed by atoms with Crippen molar-refractivity contribution in [3.05, 3.63) is 16.1 Å². The molecule has 17 heavy (non-hydrogen) atoms. The topological polar surface area (TPSA) is 24.9 Å². The van der Waals surface area contributed by atoms with Gasteiger partial charge in [0.15, 0.2) is 0 Å². The smallest absolute Gasteiger partial charge is 0.0898 e. The number of rotatable bonds is 4. The Hall–Kier alpha value is -0.410. The van der Waals surface area contributed by atoms with Crippen LogP contribution in [0, 0.1) is 23.7 Å². The van der Waals surface area contributed by atoms with Gasteiger partial charge < -0.3 is 5.32 Å². The first-order valence-corrected chi connectivity index (χ1v) is 7.30. The minimum Gasteiger partial charge on any atom is -0.309 e. The fourth-order valence-corrected chi connectivity index (χ4v) is 3.53. The summed E-state index contributed by atoms with van der Waals surface area (Å²) in [4.78, 5) is 4.54. The molecule has 1 aliphatic carbocycles. The van der Waals surface area contributed by atoms with Crippen LogP contribution in [0.3, 0.4) is 0 Å². The monoisotopic (exact) mass is 252 g/mol. The lowest BCUT2D eigenvalue weighted by Gasteiger charge is -2.12. The van der Waals surface area contributed by atoms with E-state index in [1.54, 1.807) is 11.3 Å². The van der Waals surface area contributed by atoms with Crippen molar-refractivity contribution in [3.8, 4) is 0 Å². The molecule has 1 aliphatic rings. The minimum absolute atomic E-state index is 0.368. The van der Waals surface area contributed by atoms with Crippen LogP contribution < -0.4 is 5.32 Å². The molecule has 2 nitrogen and oxygen atoms in total. The highest BCUT2D eigenvalue weighted by atomic mass is 32.1. The quantitative estimate of drug-likeness (QED) is 0.882. The highest BCUT2D eigenvalue weighted by Gasteiger charge is 2.63. The van der Waals surface area contributed by atoms with Gasteiger partial charge in [-0.1, -0.05) is 27.7 Å². The van der Waals surface area contributed by atoms with E-state index in [0.29, 0.717) is 16.9 Å². The third-order valence-electron chi connectivity index (χ3n) is 5.03. The van der Waals surface area contributed by atoms with Crippen molar-refractivity contribution in [1.29, 1.82) is 0 Å². The molecule has 1 unspecified atom stereocenters. The summed E-state index contributed by atoms with van der Waals surface area (Å²) in [5.41, 5.74) is 2.12. The average Bonchev–Trinajstić information content (AvgIpc) is 2.55. The lowest BCUT2D eigenvalue weighted by Crippen LogP contribution is -2.23. The van der Waals surface area contributed by atoms with Gasteiger partial charge in [-0.25, -0.2) is 4.98 Å². The van der Waals surface area contributed by atoms with Gasteiger partial charge in [0.2, 0.25) is 0 Å². The van der Waals surface area contributed by atoms with Gasteiger partial charge in [0, 0.05) is 11.4 Å². The van der Waals surface area contributed by atoms with Gasteiger partial charge in [-0.05, 0) is 37.1 Å². The van der Waals surface area contributed by atoms with Crippen molar-refractivity contribution in [2.75, 3.05) is 6.54 Å². The van der Waals surface area contributed by atoms with Crippen LogP contribution in [0.4, 0.5) is 0 Å². The predicted octanol–water partition coefficient (Wildman–Crippen LogP) is 3.78. The summed E-state index contributed by atoms with van der Waals surface area (Å²) in [6.45, 7) is 14.9. The van der Waals surface area contributed by atoms with E-state index < -0.39 is 0 Å². The molecule has 0 bridgehead atoms. The summed E-state index contributed by atoms with van der Waals surface area (Å²) in [6, 6.07) is 0.368. The summed E-state index contributed by atoms with van der Waals surface area (Å²) in [5, 5.41) is 6.95. The number of thiazole rings is 1. The van der Waals surface area contributed by atoms with Crippen LogP contribution in [0.5, 0.6) is 0 Å². The highest BCUT2D eigenvalue weighted by molar-refractivity contribution is 7.09. The summed E-state index contributed by atoms with van der Waals surface area (Å²) >= 11 is 1.73. The van der Waals surface area contributed by atoms with Crippen LogP contribution in [-0.4, -0.2) is 11.5 Å². The first-order chi connectivity index (χ1) is 7.76. The van der Waals surface area contributed by atoms with Gasteiger partial charge in [-0.2, -0.15) is 0 Å². The molecular formula is C14H24N2S. The summed E-state index contributed by atoms with van der Waals surface area (Å²) in [7, 11) is 0. The number of hydrogen-bond donors (Lipinski definition) is 1. The predicted molar refractivity (Wildman–Crippen MR) is 74.3 cm³/mol. The van der Waals surface area contributed by atoms with Crippen molar-refractivity contribution < 1.29 is 0 Å². The number of aryl methyl sites for hydroxylation is 1. The van der Waals surface area contributed by atoms with E-state index >= 15 is 0 Å². The first-order valence-electron chi connectivity index (χ1n) is 6.42. The number of nitrogens with zero attached hydrogens (tertiary/aromatic N) is 1. The van der Waals surface area contributed by atoms with E-state index in [1.165, 1.54) is 5.69 Å². The van der Waals surface area contributed by atoms with Crippen LogP contribution in [0.15, 0.2) is 5.38 Å². The molecule has 1 fully saturated rings. The Morgan fingerprint density at radius 2 is 1.94 bits per heavy atom. The van der Waals surface area contributed by atoms with Crippen molar-refractivity contribution in [2.24, 2.45) is 16.7 Å². The maximum Gasteiger partial charge on any atom is 0.0898 e. The summed E-state index contributed by atoms with van der Waals surface area (Å²) < 4.78 is 0. The van der Waals surface area contributed by atoms with Gasteiger partial charge in [-0.3, -0.25) is 0 Å². The molecule has 1 atom stereocenters. The van der Waals surface area contributed by atoms with E-state index in [2.05, 4.69) is 57.2 Å². The zero-order valence-corrected chi connectivity index (χ0v) is 12.6. The Morgan fingerprint density at radius 3 is 2.35 bits per heavy atom. The lowest BCUT2D eigenvalue weighted by molar-refractivity contribution is 0.457. The largest absolute Gasteiger partial charge is 0.309 e. The summed E-state index contributed by atoms with van der Waals surface area (Å²) in [6.07, 6.45) is 0. The maximum atomic E-state index is 4.54. The van der Waals surface area contributed by atoms with Crippen molar-refractivity contribution in [3.63, 3.8) is 0 Å². The third kappa shape index (κ3) is 2.15. The fourth-order valence-electron chi connectivity index (χ4n) is 2.82. The lowest BCUT2D eigenvalue weighted by atomic mass is 10.0. The number of nitrogens with one attached hydrogen (secondary N) is 1. The molecule has 1 aromatic rings. The molecule has 0 saturated heterocycles. The molecular weight excluding hydrogens is 228 g/mol. The Kier molecular flexibility index (Phi) is 3.11. The first kappa shape index (κ1) is 13.0. The third-order valence-corrected chi connectivity index (χ3v) is 5.82. The van der Waals surface area contributed by atoms with Crippen molar-refractivity contribution >= 4 is 11.3 Å². The second kappa shape index (κ2) is 4.06. The molecule has 0 spiro atoms.